The van der Waals surface area contributed by atoms with Crippen LogP contribution in [-0.2, 0) is 43.4 Å². The van der Waals surface area contributed by atoms with E-state index in [9.17, 15) is 27.9 Å². The number of hydrogen-bond acceptors (Lipinski definition) is 9. The van der Waals surface area contributed by atoms with E-state index in [2.05, 4.69) is 15.0 Å². The van der Waals surface area contributed by atoms with Crippen molar-refractivity contribution in [1.82, 2.24) is 19.6 Å². The van der Waals surface area contributed by atoms with Crippen LogP contribution in [0.25, 0.3) is 0 Å². The second-order valence-electron chi connectivity index (χ2n) is 9.28. The highest BCUT2D eigenvalue weighted by atomic mass is 35.5. The lowest BCUT2D eigenvalue weighted by Gasteiger charge is -2.32. The number of benzene rings is 1. The van der Waals surface area contributed by atoms with Crippen LogP contribution in [0.2, 0.25) is 4.34 Å². The summed E-state index contributed by atoms with van der Waals surface area (Å²) >= 11 is 6.99. The predicted octanol–water partition coefficient (Wildman–Crippen LogP) is 1.96. The van der Waals surface area contributed by atoms with Crippen LogP contribution in [0, 0.1) is 0 Å². The molecule has 3 aromatic rings. The summed E-state index contributed by atoms with van der Waals surface area (Å²) < 4.78 is 37.9. The Balaban J connectivity index is 1.81. The Bertz CT molecular complexity index is 1570. The molecule has 1 fully saturated rings. The lowest BCUT2D eigenvalue weighted by molar-refractivity contribution is -0.151. The van der Waals surface area contributed by atoms with Gasteiger partial charge in [-0.25, -0.2) is 18.2 Å². The van der Waals surface area contributed by atoms with Crippen molar-refractivity contribution in [3.8, 4) is 0 Å². The molecule has 1 saturated heterocycles. The number of ether oxygens (including phenoxy) is 1. The number of sulfonamides is 1. The maximum Gasteiger partial charge on any atom is 0.337 e. The number of aryl methyl sites for hydroxylation is 1. The molecule has 0 saturated carbocycles. The molecule has 15 heteroatoms. The first kappa shape index (κ1) is 30.7. The molecule has 12 nitrogen and oxygen atoms in total. The molecule has 1 aromatic carbocycles. The molecule has 2 atom stereocenters. The van der Waals surface area contributed by atoms with Gasteiger partial charge in [0, 0.05) is 38.1 Å². The second kappa shape index (κ2) is 12.3. The van der Waals surface area contributed by atoms with Crippen LogP contribution in [0.4, 0.5) is 5.69 Å². The quantitative estimate of drug-likeness (QED) is 0.273. The molecule has 0 radical (unpaired) electrons. The van der Waals surface area contributed by atoms with Crippen molar-refractivity contribution in [2.45, 2.75) is 43.2 Å². The van der Waals surface area contributed by atoms with Gasteiger partial charge in [0.1, 0.15) is 11.9 Å². The molecular formula is C26H30ClN5O7S2. The van der Waals surface area contributed by atoms with Gasteiger partial charge in [-0.3, -0.25) is 9.59 Å². The average Bonchev–Trinajstić information content (AvgIpc) is 3.66. The third-order valence-electron chi connectivity index (χ3n) is 6.67. The summed E-state index contributed by atoms with van der Waals surface area (Å²) in [5.74, 6) is -2.09. The van der Waals surface area contributed by atoms with E-state index >= 15 is 0 Å². The highest BCUT2D eigenvalue weighted by Crippen LogP contribution is 2.33. The number of anilines is 1. The molecule has 4 rings (SSSR count). The Labute approximate surface area is 246 Å². The fourth-order valence-corrected chi connectivity index (χ4v) is 7.34. The van der Waals surface area contributed by atoms with Gasteiger partial charge in [-0.1, -0.05) is 24.6 Å². The number of halogens is 1. The molecule has 41 heavy (non-hydrogen) atoms. The second-order valence-corrected chi connectivity index (χ2v) is 12.6. The smallest absolute Gasteiger partial charge is 0.337 e. The summed E-state index contributed by atoms with van der Waals surface area (Å²) in [7, 11) is -2.96. The minimum atomic E-state index is -4.53. The van der Waals surface area contributed by atoms with Gasteiger partial charge >= 0.3 is 5.97 Å². The van der Waals surface area contributed by atoms with Gasteiger partial charge in [0.05, 0.1) is 27.3 Å². The van der Waals surface area contributed by atoms with E-state index in [1.807, 2.05) is 0 Å². The largest absolute Gasteiger partial charge is 0.464 e. The van der Waals surface area contributed by atoms with Crippen molar-refractivity contribution in [1.29, 1.82) is 0 Å². The van der Waals surface area contributed by atoms with Crippen molar-refractivity contribution >= 4 is 56.4 Å². The molecule has 0 aliphatic carbocycles. The minimum absolute atomic E-state index is 0.0175. The molecule has 0 spiro atoms. The summed E-state index contributed by atoms with van der Waals surface area (Å²) in [4.78, 5) is 44.8. The number of amides is 2. The van der Waals surface area contributed by atoms with Crippen LogP contribution in [0.5, 0.6) is 0 Å². The van der Waals surface area contributed by atoms with Crippen molar-refractivity contribution in [3.63, 3.8) is 0 Å². The lowest BCUT2D eigenvalue weighted by atomic mass is 9.99. The standard InChI is InChI=1S/C26H30ClN5O7S2/c1-4-16-17(32-13-11-18(33)23(32)35)7-6-8-20(16)41(37,38)30-26(25(36)39-5-2,24-28-12-14-31(24)3)15-29-22(34)19-9-10-21(27)40-19/h6-10,12,14,18,30,33H,4-5,11,13,15H2,1-3H3,(H,29,34)/t18-,26-/m1/s1. The summed E-state index contributed by atoms with van der Waals surface area (Å²) in [5.41, 5.74) is -1.51. The lowest BCUT2D eigenvalue weighted by Crippen LogP contribution is -2.60. The van der Waals surface area contributed by atoms with E-state index in [-0.39, 0.29) is 41.6 Å². The molecule has 2 aromatic heterocycles. The maximum absolute atomic E-state index is 14.1. The Morgan fingerprint density at radius 2 is 2.02 bits per heavy atom. The van der Waals surface area contributed by atoms with Crippen LogP contribution in [0.1, 0.15) is 41.3 Å². The Morgan fingerprint density at radius 3 is 2.59 bits per heavy atom. The van der Waals surface area contributed by atoms with E-state index < -0.39 is 46.0 Å². The number of esters is 1. The van der Waals surface area contributed by atoms with Gasteiger partial charge in [0.25, 0.3) is 11.8 Å². The maximum atomic E-state index is 14.1. The molecule has 1 aliphatic rings. The van der Waals surface area contributed by atoms with Crippen molar-refractivity contribution < 1.29 is 32.6 Å². The van der Waals surface area contributed by atoms with Gasteiger partial charge in [0.2, 0.25) is 15.6 Å². The SMILES string of the molecule is CCOC(=O)[C@](CNC(=O)c1ccc(Cl)s1)(NS(=O)(=O)c1cccc(N2CC[C@@H](O)C2=O)c1CC)c1nccn1C. The molecule has 220 valence electrons. The molecule has 0 bridgehead atoms. The van der Waals surface area contributed by atoms with Crippen molar-refractivity contribution in [3.05, 3.63) is 63.3 Å². The first-order chi connectivity index (χ1) is 19.4. The van der Waals surface area contributed by atoms with Gasteiger partial charge < -0.3 is 24.6 Å². The zero-order valence-electron chi connectivity index (χ0n) is 22.6. The molecule has 3 heterocycles. The number of carbonyl (C=O) groups excluding carboxylic acids is 3. The highest BCUT2D eigenvalue weighted by molar-refractivity contribution is 7.89. The van der Waals surface area contributed by atoms with Gasteiger partial charge in [0.15, 0.2) is 0 Å². The van der Waals surface area contributed by atoms with Crippen LogP contribution in [0.3, 0.4) is 0 Å². The molecule has 0 unspecified atom stereocenters. The number of nitrogens with one attached hydrogen (secondary N) is 2. The molecule has 1 aliphatic heterocycles. The molecular weight excluding hydrogens is 594 g/mol. The molecule has 2 amide bonds. The number of imidazole rings is 1. The Morgan fingerprint density at radius 1 is 1.27 bits per heavy atom. The summed E-state index contributed by atoms with van der Waals surface area (Å²) in [5, 5.41) is 12.6. The van der Waals surface area contributed by atoms with Crippen LogP contribution in [0.15, 0.2) is 47.6 Å². The number of hydrogen-bond donors (Lipinski definition) is 3. The van der Waals surface area contributed by atoms with Gasteiger partial charge in [-0.05, 0) is 43.2 Å². The summed E-state index contributed by atoms with van der Waals surface area (Å²) in [6.45, 7) is 2.92. The average molecular weight is 624 g/mol. The van der Waals surface area contributed by atoms with E-state index in [1.165, 1.54) is 40.1 Å². The van der Waals surface area contributed by atoms with Crippen LogP contribution < -0.4 is 14.9 Å². The predicted molar refractivity (Wildman–Crippen MR) is 152 cm³/mol. The van der Waals surface area contributed by atoms with Crippen molar-refractivity contribution in [2.75, 3.05) is 24.6 Å². The van der Waals surface area contributed by atoms with E-state index in [4.69, 9.17) is 16.3 Å². The third-order valence-corrected chi connectivity index (χ3v) is 9.47. The topological polar surface area (TPSA) is 160 Å². The Hall–Kier alpha value is -3.30. The third kappa shape index (κ3) is 6.02. The Kier molecular flexibility index (Phi) is 9.19. The number of aromatic nitrogens is 2. The minimum Gasteiger partial charge on any atom is -0.464 e. The van der Waals surface area contributed by atoms with Crippen LogP contribution >= 0.6 is 22.9 Å². The number of nitrogens with zero attached hydrogens (tertiary/aromatic N) is 3. The van der Waals surface area contributed by atoms with E-state index in [0.29, 0.717) is 15.6 Å². The van der Waals surface area contributed by atoms with E-state index in [1.54, 1.807) is 33.0 Å². The van der Waals surface area contributed by atoms with Gasteiger partial charge in [-0.2, -0.15) is 4.72 Å². The number of thiophene rings is 1. The summed E-state index contributed by atoms with van der Waals surface area (Å²) in [6, 6.07) is 7.51. The zero-order chi connectivity index (χ0) is 29.9. The number of rotatable bonds is 11. The van der Waals surface area contributed by atoms with E-state index in [0.717, 1.165) is 11.3 Å². The number of carbonyl (C=O) groups is 3. The highest BCUT2D eigenvalue weighted by Gasteiger charge is 2.49. The normalized spacial score (nSPS) is 17.0. The monoisotopic (exact) mass is 623 g/mol. The fraction of sp³-hybridized carbons (Fsp3) is 0.385. The number of aliphatic hydroxyl groups is 1. The van der Waals surface area contributed by atoms with Crippen molar-refractivity contribution in [2.24, 2.45) is 7.05 Å². The first-order valence-electron chi connectivity index (χ1n) is 12.8. The first-order valence-corrected chi connectivity index (χ1v) is 15.5. The fourth-order valence-electron chi connectivity index (χ4n) is 4.74. The summed E-state index contributed by atoms with van der Waals surface area (Å²) in [6.07, 6.45) is 2.19. The van der Waals surface area contributed by atoms with Crippen LogP contribution in [-0.4, -0.2) is 66.7 Å². The number of aliphatic hydroxyl groups excluding tert-OH is 1. The van der Waals surface area contributed by atoms with Gasteiger partial charge in [-0.15, -0.1) is 11.3 Å². The zero-order valence-corrected chi connectivity index (χ0v) is 25.0. The molecule has 3 N–H and O–H groups in total.